The molecule has 7 heteroatoms. The lowest BCUT2D eigenvalue weighted by molar-refractivity contribution is 0.209. The van der Waals surface area contributed by atoms with Gasteiger partial charge in [0.05, 0.1) is 12.8 Å². The van der Waals surface area contributed by atoms with Crippen LogP contribution in [0, 0.1) is 0 Å². The van der Waals surface area contributed by atoms with Crippen molar-refractivity contribution >= 4 is 5.82 Å². The molecule has 0 unspecified atom stereocenters. The summed E-state index contributed by atoms with van der Waals surface area (Å²) in [5.74, 6) is 2.71. The third kappa shape index (κ3) is 3.92. The first-order valence-electron chi connectivity index (χ1n) is 9.20. The van der Waals surface area contributed by atoms with Gasteiger partial charge in [-0.15, -0.1) is 0 Å². The second kappa shape index (κ2) is 7.39. The van der Waals surface area contributed by atoms with E-state index >= 15 is 0 Å². The Hall–Kier alpha value is -2.15. The molecule has 2 aliphatic heterocycles. The van der Waals surface area contributed by atoms with E-state index in [0.29, 0.717) is 11.9 Å². The fourth-order valence-electron chi connectivity index (χ4n) is 3.75. The van der Waals surface area contributed by atoms with Gasteiger partial charge in [-0.1, -0.05) is 0 Å². The number of aryl methyl sites for hydroxylation is 2. The number of ether oxygens (including phenoxy) is 1. The van der Waals surface area contributed by atoms with Gasteiger partial charge >= 0.3 is 0 Å². The highest BCUT2D eigenvalue weighted by atomic mass is 16.5. The number of imidazole rings is 1. The van der Waals surface area contributed by atoms with Gasteiger partial charge in [0.15, 0.2) is 0 Å². The molecule has 134 valence electrons. The Balaban J connectivity index is 1.28. The SMILES string of the molecule is COc1cc(NC2CCN(Cc3cn4c(n3)CCCC4)CC2)ncn1. The Bertz CT molecular complexity index is 684. The first-order chi connectivity index (χ1) is 12.3. The van der Waals surface area contributed by atoms with Crippen molar-refractivity contribution in [2.75, 3.05) is 25.5 Å². The minimum Gasteiger partial charge on any atom is -0.481 e. The van der Waals surface area contributed by atoms with Crippen LogP contribution < -0.4 is 10.1 Å². The number of anilines is 1. The number of aromatic nitrogens is 4. The lowest BCUT2D eigenvalue weighted by Crippen LogP contribution is -2.38. The van der Waals surface area contributed by atoms with E-state index in [0.717, 1.165) is 51.3 Å². The molecule has 2 aromatic heterocycles. The number of fused-ring (bicyclic) bond motifs is 1. The Morgan fingerprint density at radius 1 is 1.20 bits per heavy atom. The van der Waals surface area contributed by atoms with E-state index in [4.69, 9.17) is 9.72 Å². The second-order valence-corrected chi connectivity index (χ2v) is 6.94. The maximum absolute atomic E-state index is 5.15. The molecule has 7 nitrogen and oxygen atoms in total. The average Bonchev–Trinajstić information content (AvgIpc) is 3.06. The van der Waals surface area contributed by atoms with Crippen LogP contribution in [0.1, 0.15) is 37.2 Å². The lowest BCUT2D eigenvalue weighted by Gasteiger charge is -2.32. The Morgan fingerprint density at radius 3 is 2.88 bits per heavy atom. The molecule has 25 heavy (non-hydrogen) atoms. The lowest BCUT2D eigenvalue weighted by atomic mass is 10.0. The van der Waals surface area contributed by atoms with Gasteiger partial charge in [-0.05, 0) is 25.7 Å². The molecule has 1 saturated heterocycles. The number of hydrogen-bond acceptors (Lipinski definition) is 6. The van der Waals surface area contributed by atoms with Gasteiger partial charge in [-0.2, -0.15) is 0 Å². The fourth-order valence-corrected chi connectivity index (χ4v) is 3.75. The molecule has 0 amide bonds. The molecule has 0 aliphatic carbocycles. The number of methoxy groups -OCH3 is 1. The average molecular weight is 342 g/mol. The maximum atomic E-state index is 5.15. The third-order valence-electron chi connectivity index (χ3n) is 5.13. The minimum absolute atomic E-state index is 0.450. The van der Waals surface area contributed by atoms with Crippen molar-refractivity contribution in [2.45, 2.75) is 51.2 Å². The van der Waals surface area contributed by atoms with Gasteiger partial charge in [0.1, 0.15) is 18.0 Å². The molecule has 0 spiro atoms. The predicted octanol–water partition coefficient (Wildman–Crippen LogP) is 2.09. The molecule has 2 aromatic rings. The van der Waals surface area contributed by atoms with Crippen LogP contribution in [-0.2, 0) is 19.5 Å². The van der Waals surface area contributed by atoms with E-state index in [1.807, 2.05) is 6.07 Å². The van der Waals surface area contributed by atoms with E-state index in [9.17, 15) is 0 Å². The van der Waals surface area contributed by atoms with Crippen molar-refractivity contribution in [2.24, 2.45) is 0 Å². The second-order valence-electron chi connectivity index (χ2n) is 6.94. The van der Waals surface area contributed by atoms with Crippen molar-refractivity contribution in [3.8, 4) is 5.88 Å². The van der Waals surface area contributed by atoms with E-state index in [1.54, 1.807) is 7.11 Å². The smallest absolute Gasteiger partial charge is 0.218 e. The van der Waals surface area contributed by atoms with E-state index < -0.39 is 0 Å². The highest BCUT2D eigenvalue weighted by molar-refractivity contribution is 5.38. The number of hydrogen-bond donors (Lipinski definition) is 1. The quantitative estimate of drug-likeness (QED) is 0.897. The van der Waals surface area contributed by atoms with Gasteiger partial charge < -0.3 is 14.6 Å². The molecule has 2 aliphatic rings. The molecule has 0 atom stereocenters. The van der Waals surface area contributed by atoms with Crippen LogP contribution in [-0.4, -0.2) is 50.7 Å². The minimum atomic E-state index is 0.450. The molecule has 1 fully saturated rings. The van der Waals surface area contributed by atoms with Crippen molar-refractivity contribution in [3.05, 3.63) is 30.1 Å². The van der Waals surface area contributed by atoms with Crippen LogP contribution in [0.5, 0.6) is 5.88 Å². The van der Waals surface area contributed by atoms with Crippen LogP contribution >= 0.6 is 0 Å². The summed E-state index contributed by atoms with van der Waals surface area (Å²) in [6.07, 6.45) is 9.71. The number of piperidine rings is 1. The van der Waals surface area contributed by atoms with Gasteiger partial charge in [0.25, 0.3) is 0 Å². The highest BCUT2D eigenvalue weighted by Gasteiger charge is 2.21. The summed E-state index contributed by atoms with van der Waals surface area (Å²) in [5.41, 5.74) is 1.23. The Kier molecular flexibility index (Phi) is 4.83. The van der Waals surface area contributed by atoms with Crippen molar-refractivity contribution in [1.82, 2.24) is 24.4 Å². The largest absolute Gasteiger partial charge is 0.481 e. The molecule has 0 aromatic carbocycles. The van der Waals surface area contributed by atoms with Crippen LogP contribution in [0.2, 0.25) is 0 Å². The third-order valence-corrected chi connectivity index (χ3v) is 5.13. The van der Waals surface area contributed by atoms with Crippen LogP contribution in [0.15, 0.2) is 18.6 Å². The number of nitrogens with zero attached hydrogens (tertiary/aromatic N) is 5. The first-order valence-corrected chi connectivity index (χ1v) is 9.20. The normalized spacial score (nSPS) is 18.8. The molecule has 0 saturated carbocycles. The topological polar surface area (TPSA) is 68.1 Å². The number of likely N-dealkylation sites (tertiary alicyclic amines) is 1. The van der Waals surface area contributed by atoms with E-state index in [1.165, 1.54) is 30.7 Å². The fraction of sp³-hybridized carbons (Fsp3) is 0.611. The summed E-state index contributed by atoms with van der Waals surface area (Å²) in [6.45, 7) is 4.27. The highest BCUT2D eigenvalue weighted by Crippen LogP contribution is 2.20. The van der Waals surface area contributed by atoms with Crippen LogP contribution in [0.4, 0.5) is 5.82 Å². The molecule has 1 N–H and O–H groups in total. The molecular weight excluding hydrogens is 316 g/mol. The molecule has 0 bridgehead atoms. The van der Waals surface area contributed by atoms with E-state index in [2.05, 4.69) is 30.9 Å². The van der Waals surface area contributed by atoms with Crippen molar-refractivity contribution in [3.63, 3.8) is 0 Å². The standard InChI is InChI=1S/C18H26N6O/c1-25-18-10-16(19-13-20-18)21-14-5-8-23(9-6-14)11-15-12-24-7-3-2-4-17(24)22-15/h10,12-14H,2-9,11H2,1H3,(H,19,20,21). The Labute approximate surface area is 148 Å². The molecule has 4 heterocycles. The van der Waals surface area contributed by atoms with Crippen molar-refractivity contribution < 1.29 is 4.74 Å². The van der Waals surface area contributed by atoms with Gasteiger partial charge in [0.2, 0.25) is 5.88 Å². The Morgan fingerprint density at radius 2 is 2.08 bits per heavy atom. The van der Waals surface area contributed by atoms with Gasteiger partial charge in [-0.3, -0.25) is 4.90 Å². The zero-order valence-corrected chi connectivity index (χ0v) is 14.8. The summed E-state index contributed by atoms with van der Waals surface area (Å²) >= 11 is 0. The molecular formula is C18H26N6O. The summed E-state index contributed by atoms with van der Waals surface area (Å²) in [4.78, 5) is 15.7. The van der Waals surface area contributed by atoms with Crippen molar-refractivity contribution in [1.29, 1.82) is 0 Å². The zero-order valence-electron chi connectivity index (χ0n) is 14.8. The maximum Gasteiger partial charge on any atom is 0.218 e. The monoisotopic (exact) mass is 342 g/mol. The van der Waals surface area contributed by atoms with Crippen LogP contribution in [0.3, 0.4) is 0 Å². The summed E-state index contributed by atoms with van der Waals surface area (Å²) < 4.78 is 7.50. The molecule has 0 radical (unpaired) electrons. The zero-order chi connectivity index (χ0) is 17.1. The first kappa shape index (κ1) is 16.3. The number of nitrogens with one attached hydrogen (secondary N) is 1. The molecule has 4 rings (SSSR count). The number of rotatable bonds is 5. The van der Waals surface area contributed by atoms with Gasteiger partial charge in [-0.25, -0.2) is 15.0 Å². The summed E-state index contributed by atoms with van der Waals surface area (Å²) in [5, 5.41) is 3.50. The van der Waals surface area contributed by atoms with Crippen LogP contribution in [0.25, 0.3) is 0 Å². The van der Waals surface area contributed by atoms with Gasteiger partial charge in [0, 0.05) is 50.9 Å². The summed E-state index contributed by atoms with van der Waals surface area (Å²) in [6, 6.07) is 2.30. The van der Waals surface area contributed by atoms with E-state index in [-0.39, 0.29) is 0 Å². The predicted molar refractivity (Wildman–Crippen MR) is 95.7 cm³/mol. The summed E-state index contributed by atoms with van der Waals surface area (Å²) in [7, 11) is 1.62.